The van der Waals surface area contributed by atoms with Crippen molar-refractivity contribution in [1.82, 2.24) is 24.6 Å². The predicted molar refractivity (Wildman–Crippen MR) is 203 cm³/mol. The molecule has 4 heterocycles. The first-order valence-electron chi connectivity index (χ1n) is 15.7. The molecular formula is C34H44BrClN9OP. The van der Waals surface area contributed by atoms with Gasteiger partial charge in [0, 0.05) is 105 Å². The van der Waals surface area contributed by atoms with Crippen LogP contribution in [0.25, 0.3) is 11.1 Å². The van der Waals surface area contributed by atoms with Gasteiger partial charge in [0.2, 0.25) is 5.95 Å². The number of ether oxygens (including phenoxy) is 1. The molecule has 2 aromatic heterocycles. The van der Waals surface area contributed by atoms with Crippen molar-refractivity contribution in [2.24, 2.45) is 18.0 Å². The molecule has 0 aliphatic carbocycles. The molecule has 47 heavy (non-hydrogen) atoms. The highest BCUT2D eigenvalue weighted by Gasteiger charge is 2.25. The van der Waals surface area contributed by atoms with E-state index in [1.54, 1.807) is 13.3 Å². The average Bonchev–Trinajstić information content (AvgIpc) is 3.72. The third-order valence-corrected chi connectivity index (χ3v) is 10.9. The summed E-state index contributed by atoms with van der Waals surface area (Å²) in [4.78, 5) is 19.0. The van der Waals surface area contributed by atoms with Gasteiger partial charge < -0.3 is 20.3 Å². The summed E-state index contributed by atoms with van der Waals surface area (Å²) in [5.41, 5.74) is 7.74. The van der Waals surface area contributed by atoms with Gasteiger partial charge in [-0.3, -0.25) is 14.6 Å². The molecule has 250 valence electrons. The van der Waals surface area contributed by atoms with Gasteiger partial charge in [-0.2, -0.15) is 10.1 Å². The van der Waals surface area contributed by atoms with Crippen molar-refractivity contribution < 1.29 is 4.74 Å². The summed E-state index contributed by atoms with van der Waals surface area (Å²) in [6.45, 7) is 14.9. The molecule has 2 aliphatic heterocycles. The predicted octanol–water partition coefficient (Wildman–Crippen LogP) is 6.75. The smallest absolute Gasteiger partial charge is 0.229 e. The van der Waals surface area contributed by atoms with Crippen LogP contribution in [0.5, 0.6) is 5.75 Å². The van der Waals surface area contributed by atoms with Gasteiger partial charge in [-0.25, -0.2) is 4.98 Å². The van der Waals surface area contributed by atoms with Crippen molar-refractivity contribution >= 4 is 76.6 Å². The van der Waals surface area contributed by atoms with Crippen LogP contribution in [0.3, 0.4) is 0 Å². The molecule has 2 aliphatic rings. The van der Waals surface area contributed by atoms with E-state index < -0.39 is 0 Å². The molecule has 4 aromatic rings. The molecule has 0 spiro atoms. The number of aromatic nitrogens is 4. The van der Waals surface area contributed by atoms with Crippen molar-refractivity contribution in [1.29, 1.82) is 0 Å². The Labute approximate surface area is 293 Å². The minimum atomic E-state index is -0.324. The van der Waals surface area contributed by atoms with Crippen LogP contribution in [0.4, 0.5) is 28.8 Å². The first-order chi connectivity index (χ1) is 22.2. The Hall–Kier alpha value is -3.24. The Bertz CT molecular complexity index is 1740. The number of hydrogen-bond donors (Lipinski definition) is 2. The Morgan fingerprint density at radius 3 is 2.49 bits per heavy atom. The number of piperazine rings is 1. The largest absolute Gasteiger partial charge is 0.494 e. The van der Waals surface area contributed by atoms with Crippen LogP contribution in [0.15, 0.2) is 52.3 Å². The Kier molecular flexibility index (Phi) is 11.4. The first kappa shape index (κ1) is 35.1. The molecule has 1 saturated heterocycles. The van der Waals surface area contributed by atoms with Crippen molar-refractivity contribution in [2.75, 3.05) is 75.2 Å². The van der Waals surface area contributed by atoms with Crippen LogP contribution in [0.1, 0.15) is 17.5 Å². The van der Waals surface area contributed by atoms with E-state index in [1.165, 1.54) is 22.9 Å². The number of halogens is 2. The van der Waals surface area contributed by atoms with E-state index in [9.17, 15) is 0 Å². The Balaban J connectivity index is 0.00000433. The summed E-state index contributed by atoms with van der Waals surface area (Å²) in [5, 5.41) is 12.9. The first-order valence-corrected chi connectivity index (χ1v) is 18.8. The lowest BCUT2D eigenvalue weighted by molar-refractivity contribution is 0.240. The highest BCUT2D eigenvalue weighted by Crippen LogP contribution is 2.41. The van der Waals surface area contributed by atoms with E-state index in [0.717, 1.165) is 77.7 Å². The van der Waals surface area contributed by atoms with Crippen LogP contribution in [0, 0.1) is 19.8 Å². The van der Waals surface area contributed by atoms with E-state index in [-0.39, 0.29) is 20.3 Å². The van der Waals surface area contributed by atoms with Crippen LogP contribution in [0.2, 0.25) is 0 Å². The van der Waals surface area contributed by atoms with Crippen molar-refractivity contribution in [3.63, 3.8) is 0 Å². The molecule has 0 bridgehead atoms. The van der Waals surface area contributed by atoms with E-state index in [4.69, 9.17) is 9.72 Å². The van der Waals surface area contributed by atoms with Gasteiger partial charge in [0.25, 0.3) is 0 Å². The number of hydrogen-bond acceptors (Lipinski definition) is 9. The molecular weight excluding hydrogens is 697 g/mol. The van der Waals surface area contributed by atoms with Gasteiger partial charge in [0.1, 0.15) is 11.6 Å². The van der Waals surface area contributed by atoms with Gasteiger partial charge in [-0.05, 0) is 72.8 Å². The molecule has 1 atom stereocenters. The molecule has 2 N–H and O–H groups in total. The highest BCUT2D eigenvalue weighted by molar-refractivity contribution is 9.10. The normalized spacial score (nSPS) is 16.4. The molecule has 1 fully saturated rings. The Morgan fingerprint density at radius 2 is 1.83 bits per heavy atom. The molecule has 0 saturated carbocycles. The highest BCUT2D eigenvalue weighted by atomic mass is 79.9. The molecule has 0 amide bonds. The van der Waals surface area contributed by atoms with Crippen LogP contribution in [-0.2, 0) is 7.05 Å². The number of nitrogens with one attached hydrogen (secondary N) is 2. The molecule has 10 nitrogen and oxygen atoms in total. The summed E-state index contributed by atoms with van der Waals surface area (Å²) in [6.07, 6.45) is 9.06. The SMILES string of the molecule is COc1cc(N2CCN(C[C@H]3C=NCC3)CC2)c(-c2cnn(C)c2)cc1Nc1ncc(Br)c(Nc2ccc(C)c(C)c2P(C)C)n1.Cl. The molecule has 0 unspecified atom stereocenters. The zero-order chi connectivity index (χ0) is 32.4. The summed E-state index contributed by atoms with van der Waals surface area (Å²) < 4.78 is 8.59. The fraction of sp³-hybridized carbons (Fsp3) is 0.412. The van der Waals surface area contributed by atoms with Gasteiger partial charge in [0.05, 0.1) is 23.5 Å². The lowest BCUT2D eigenvalue weighted by Gasteiger charge is -2.38. The lowest BCUT2D eigenvalue weighted by Crippen LogP contribution is -2.48. The minimum Gasteiger partial charge on any atom is -0.494 e. The van der Waals surface area contributed by atoms with Crippen LogP contribution < -0.4 is 25.6 Å². The molecule has 0 radical (unpaired) electrons. The van der Waals surface area contributed by atoms with Gasteiger partial charge in [-0.15, -0.1) is 12.4 Å². The van der Waals surface area contributed by atoms with E-state index in [1.807, 2.05) is 17.9 Å². The maximum absolute atomic E-state index is 5.96. The monoisotopic (exact) mass is 739 g/mol. The fourth-order valence-electron chi connectivity index (χ4n) is 6.31. The van der Waals surface area contributed by atoms with Gasteiger partial charge >= 0.3 is 0 Å². The summed E-state index contributed by atoms with van der Waals surface area (Å²) in [6, 6.07) is 8.57. The number of anilines is 5. The molecule has 13 heteroatoms. The summed E-state index contributed by atoms with van der Waals surface area (Å²) in [7, 11) is 3.33. The fourth-order valence-corrected chi connectivity index (χ4v) is 8.06. The zero-order valence-electron chi connectivity index (χ0n) is 27.9. The molecule has 6 rings (SSSR count). The third-order valence-electron chi connectivity index (χ3n) is 8.88. The Morgan fingerprint density at radius 1 is 1.04 bits per heavy atom. The summed E-state index contributed by atoms with van der Waals surface area (Å²) in [5.74, 6) is 2.48. The number of aliphatic imine (C=N–C) groups is 1. The topological polar surface area (TPSA) is 95.7 Å². The average molecular weight is 741 g/mol. The number of methoxy groups -OCH3 is 1. The van der Waals surface area contributed by atoms with E-state index in [0.29, 0.717) is 17.7 Å². The van der Waals surface area contributed by atoms with Crippen molar-refractivity contribution in [3.8, 4) is 16.9 Å². The molecule has 2 aromatic carbocycles. The van der Waals surface area contributed by atoms with Crippen LogP contribution in [-0.4, -0.2) is 90.6 Å². The second-order valence-electron chi connectivity index (χ2n) is 12.3. The number of rotatable bonds is 10. The minimum absolute atomic E-state index is 0. The van der Waals surface area contributed by atoms with Gasteiger partial charge in [0.15, 0.2) is 0 Å². The van der Waals surface area contributed by atoms with Crippen LogP contribution >= 0.6 is 36.3 Å². The quantitative estimate of drug-likeness (QED) is 0.173. The third kappa shape index (κ3) is 7.91. The standard InChI is InChI=1S/C34H43BrN9OP.ClH/c1-22-7-8-28(32(23(22)2)46(5)6)39-33-27(35)19-37-34(41-33)40-29-15-26(25-18-38-42(3)21-25)30(16-31(29)45-4)44-13-11-43(12-14-44)20-24-9-10-36-17-24;/h7-8,15-19,21,24H,9-14,20H2,1-6H3,(H2,37,39,40,41);1H/t24-;/m1./s1. The van der Waals surface area contributed by atoms with Crippen molar-refractivity contribution in [3.05, 3.63) is 58.5 Å². The maximum atomic E-state index is 5.96. The second-order valence-corrected chi connectivity index (χ2v) is 15.4. The number of benzene rings is 2. The number of aryl methyl sites for hydroxylation is 2. The van der Waals surface area contributed by atoms with E-state index in [2.05, 4.69) is 115 Å². The second kappa shape index (κ2) is 15.3. The lowest BCUT2D eigenvalue weighted by atomic mass is 10.0. The van der Waals surface area contributed by atoms with Gasteiger partial charge in [-0.1, -0.05) is 14.0 Å². The summed E-state index contributed by atoms with van der Waals surface area (Å²) >= 11 is 3.66. The zero-order valence-corrected chi connectivity index (χ0v) is 31.2. The maximum Gasteiger partial charge on any atom is 0.229 e. The van der Waals surface area contributed by atoms with Crippen molar-refractivity contribution in [2.45, 2.75) is 20.3 Å². The van der Waals surface area contributed by atoms with E-state index >= 15 is 0 Å². The number of nitrogens with zero attached hydrogens (tertiary/aromatic N) is 7.